The molecule has 11 heteroatoms. The highest BCUT2D eigenvalue weighted by Crippen LogP contribution is 2.23. The van der Waals surface area contributed by atoms with E-state index in [1.807, 2.05) is 12.1 Å². The Morgan fingerprint density at radius 2 is 2.22 bits per heavy atom. The summed E-state index contributed by atoms with van der Waals surface area (Å²) in [6, 6.07) is 5.62. The summed E-state index contributed by atoms with van der Waals surface area (Å²) in [5.41, 5.74) is 6.86. The quantitative estimate of drug-likeness (QED) is 0.317. The lowest BCUT2D eigenvalue weighted by atomic mass is 10.2. The SMILES string of the molecule is C=N/C(=C\CC(N)NC(C)=O)SCC(=O)NC[C@H]1CN(Cc2ccc(Cl)c(Cl)c2)CCO1. The largest absolute Gasteiger partial charge is 0.374 e. The maximum atomic E-state index is 12.2. The van der Waals surface area contributed by atoms with Crippen LogP contribution in [0.4, 0.5) is 0 Å². The number of amides is 2. The summed E-state index contributed by atoms with van der Waals surface area (Å²) in [6.07, 6.45) is 1.54. The summed E-state index contributed by atoms with van der Waals surface area (Å²) in [4.78, 5) is 29.4. The van der Waals surface area contributed by atoms with Crippen LogP contribution in [0.5, 0.6) is 0 Å². The molecule has 8 nitrogen and oxygen atoms in total. The Morgan fingerprint density at radius 1 is 1.44 bits per heavy atom. The first kappa shape index (κ1) is 26.6. The molecule has 1 aliphatic rings. The van der Waals surface area contributed by atoms with Gasteiger partial charge < -0.3 is 21.1 Å². The van der Waals surface area contributed by atoms with E-state index in [1.165, 1.54) is 18.7 Å². The van der Waals surface area contributed by atoms with Crippen LogP contribution in [0.2, 0.25) is 10.0 Å². The Kier molecular flexibility index (Phi) is 11.5. The highest BCUT2D eigenvalue weighted by molar-refractivity contribution is 8.03. The topological polar surface area (TPSA) is 109 Å². The third-order valence-corrected chi connectivity index (χ3v) is 6.32. The average Bonchev–Trinajstić information content (AvgIpc) is 2.75. The molecule has 0 saturated carbocycles. The number of rotatable bonds is 11. The van der Waals surface area contributed by atoms with Gasteiger partial charge in [-0.05, 0) is 30.5 Å². The second kappa shape index (κ2) is 13.8. The number of ether oxygens (including phenoxy) is 1. The average molecular weight is 502 g/mol. The molecule has 1 unspecified atom stereocenters. The summed E-state index contributed by atoms with van der Waals surface area (Å²) < 4.78 is 5.78. The van der Waals surface area contributed by atoms with Gasteiger partial charge in [0.25, 0.3) is 0 Å². The lowest BCUT2D eigenvalue weighted by Crippen LogP contribution is -2.47. The van der Waals surface area contributed by atoms with Crippen LogP contribution in [0, 0.1) is 0 Å². The number of nitrogens with one attached hydrogen (secondary N) is 2. The molecule has 4 N–H and O–H groups in total. The molecule has 1 saturated heterocycles. The summed E-state index contributed by atoms with van der Waals surface area (Å²) in [5.74, 6) is -0.132. The van der Waals surface area contributed by atoms with Crippen molar-refractivity contribution in [3.05, 3.63) is 44.9 Å². The molecule has 0 aromatic heterocycles. The van der Waals surface area contributed by atoms with E-state index in [2.05, 4.69) is 27.2 Å². The van der Waals surface area contributed by atoms with Crippen molar-refractivity contribution >= 4 is 53.5 Å². The number of nitrogens with zero attached hydrogens (tertiary/aromatic N) is 2. The minimum atomic E-state index is -0.506. The minimum absolute atomic E-state index is 0.0938. The van der Waals surface area contributed by atoms with Crippen molar-refractivity contribution in [2.24, 2.45) is 10.7 Å². The summed E-state index contributed by atoms with van der Waals surface area (Å²) in [6.45, 7) is 8.17. The molecule has 1 fully saturated rings. The molecular formula is C21H29Cl2N5O3S. The van der Waals surface area contributed by atoms with Crippen molar-refractivity contribution in [2.75, 3.05) is 32.0 Å². The molecular weight excluding hydrogens is 473 g/mol. The zero-order valence-corrected chi connectivity index (χ0v) is 20.3. The summed E-state index contributed by atoms with van der Waals surface area (Å²) in [7, 11) is 0. The van der Waals surface area contributed by atoms with Crippen molar-refractivity contribution in [1.82, 2.24) is 15.5 Å². The molecule has 0 radical (unpaired) electrons. The molecule has 0 bridgehead atoms. The fourth-order valence-corrected chi connectivity index (χ4v) is 4.09. The first-order valence-corrected chi connectivity index (χ1v) is 11.9. The fraction of sp³-hybridized carbons (Fsp3) is 0.476. The van der Waals surface area contributed by atoms with Crippen molar-refractivity contribution in [2.45, 2.75) is 32.2 Å². The molecule has 1 aromatic rings. The van der Waals surface area contributed by atoms with E-state index in [-0.39, 0.29) is 23.7 Å². The lowest BCUT2D eigenvalue weighted by molar-refractivity contribution is -0.120. The molecule has 2 atom stereocenters. The molecule has 1 aromatic carbocycles. The van der Waals surface area contributed by atoms with Gasteiger partial charge in [0, 0.05) is 39.5 Å². The van der Waals surface area contributed by atoms with Gasteiger partial charge >= 0.3 is 0 Å². The maximum absolute atomic E-state index is 12.2. The van der Waals surface area contributed by atoms with E-state index in [9.17, 15) is 9.59 Å². The van der Waals surface area contributed by atoms with E-state index in [0.717, 1.165) is 18.7 Å². The first-order valence-electron chi connectivity index (χ1n) is 10.1. The van der Waals surface area contributed by atoms with E-state index >= 15 is 0 Å². The van der Waals surface area contributed by atoms with Crippen LogP contribution in [0.25, 0.3) is 0 Å². The second-order valence-corrected chi connectivity index (χ2v) is 9.12. The highest BCUT2D eigenvalue weighted by Gasteiger charge is 2.21. The maximum Gasteiger partial charge on any atom is 0.230 e. The zero-order valence-electron chi connectivity index (χ0n) is 18.0. The monoisotopic (exact) mass is 501 g/mol. The molecule has 0 aliphatic carbocycles. The Bertz CT molecular complexity index is 840. The Hall–Kier alpha value is -1.62. The van der Waals surface area contributed by atoms with Gasteiger partial charge in [-0.15, -0.1) is 0 Å². The zero-order chi connectivity index (χ0) is 23.5. The molecule has 1 aliphatic heterocycles. The molecule has 0 spiro atoms. The van der Waals surface area contributed by atoms with Crippen LogP contribution in [0.15, 0.2) is 34.3 Å². The van der Waals surface area contributed by atoms with Gasteiger partial charge in [0.15, 0.2) is 0 Å². The van der Waals surface area contributed by atoms with Gasteiger partial charge in [-0.2, -0.15) is 0 Å². The number of nitrogens with two attached hydrogens (primary N) is 1. The minimum Gasteiger partial charge on any atom is -0.374 e. The molecule has 176 valence electrons. The third kappa shape index (κ3) is 9.89. The van der Waals surface area contributed by atoms with Gasteiger partial charge in [-0.3, -0.25) is 19.5 Å². The number of thioether (sulfide) groups is 1. The standard InChI is InChI=1S/C21H29Cl2N5O3S/c1-14(29)27-19(24)5-6-21(25-2)32-13-20(30)26-10-16-12-28(7-8-31-16)11-15-3-4-17(22)18(23)9-15/h3-4,6,9,16,19H,2,5,7-8,10-13,24H2,1H3,(H,26,30)(H,27,29)/b21-6+/t16-,19?/m0/s1. The Balaban J connectivity index is 1.72. The van der Waals surface area contributed by atoms with Crippen LogP contribution >= 0.6 is 35.0 Å². The third-order valence-electron chi connectivity index (χ3n) is 4.58. The van der Waals surface area contributed by atoms with Crippen LogP contribution in [-0.2, 0) is 20.9 Å². The van der Waals surface area contributed by atoms with Crippen molar-refractivity contribution in [3.8, 4) is 0 Å². The second-order valence-electron chi connectivity index (χ2n) is 7.31. The summed E-state index contributed by atoms with van der Waals surface area (Å²) in [5, 5.41) is 7.15. The lowest BCUT2D eigenvalue weighted by Gasteiger charge is -2.33. The molecule has 1 heterocycles. The number of halogens is 2. The van der Waals surface area contributed by atoms with Gasteiger partial charge in [-0.1, -0.05) is 41.0 Å². The van der Waals surface area contributed by atoms with Gasteiger partial charge in [0.2, 0.25) is 11.8 Å². The summed E-state index contributed by atoms with van der Waals surface area (Å²) >= 11 is 13.3. The van der Waals surface area contributed by atoms with Crippen LogP contribution in [0.3, 0.4) is 0 Å². The van der Waals surface area contributed by atoms with Crippen LogP contribution in [0.1, 0.15) is 18.9 Å². The number of hydrogen-bond donors (Lipinski definition) is 3. The smallest absolute Gasteiger partial charge is 0.230 e. The van der Waals surface area contributed by atoms with E-state index in [0.29, 0.717) is 41.2 Å². The number of morpholine rings is 1. The Labute approximate surface area is 202 Å². The highest BCUT2D eigenvalue weighted by atomic mass is 35.5. The fourth-order valence-electron chi connectivity index (χ4n) is 3.08. The number of aliphatic imine (C=N–C) groups is 1. The van der Waals surface area contributed by atoms with Gasteiger partial charge in [-0.25, -0.2) is 0 Å². The Morgan fingerprint density at radius 3 is 2.91 bits per heavy atom. The van der Waals surface area contributed by atoms with Crippen molar-refractivity contribution < 1.29 is 14.3 Å². The number of hydrogen-bond acceptors (Lipinski definition) is 7. The van der Waals surface area contributed by atoms with Crippen molar-refractivity contribution in [1.29, 1.82) is 0 Å². The van der Waals surface area contributed by atoms with Crippen LogP contribution in [-0.4, -0.2) is 67.7 Å². The van der Waals surface area contributed by atoms with E-state index < -0.39 is 6.17 Å². The normalized spacial score (nSPS) is 18.1. The number of carbonyl (C=O) groups excluding carboxylic acids is 2. The first-order chi connectivity index (χ1) is 15.3. The molecule has 32 heavy (non-hydrogen) atoms. The van der Waals surface area contributed by atoms with Crippen LogP contribution < -0.4 is 16.4 Å². The van der Waals surface area contributed by atoms with E-state index in [4.69, 9.17) is 33.7 Å². The predicted molar refractivity (Wildman–Crippen MR) is 131 cm³/mol. The molecule has 2 amide bonds. The van der Waals surface area contributed by atoms with Gasteiger partial charge in [0.1, 0.15) is 0 Å². The number of benzene rings is 1. The molecule has 2 rings (SSSR count). The predicted octanol–water partition coefficient (Wildman–Crippen LogP) is 2.40. The van der Waals surface area contributed by atoms with Gasteiger partial charge in [0.05, 0.1) is 39.7 Å². The van der Waals surface area contributed by atoms with Crippen molar-refractivity contribution in [3.63, 3.8) is 0 Å². The van der Waals surface area contributed by atoms with E-state index in [1.54, 1.807) is 12.1 Å². The number of carbonyl (C=O) groups is 2.